The lowest BCUT2D eigenvalue weighted by molar-refractivity contribution is 0.0147. The molecule has 1 aliphatic heterocycles. The molecule has 0 spiro atoms. The Kier molecular flexibility index (Phi) is 9.44. The van der Waals surface area contributed by atoms with Gasteiger partial charge in [-0.2, -0.15) is 0 Å². The fourth-order valence-corrected chi connectivity index (χ4v) is 3.88. The lowest BCUT2D eigenvalue weighted by Gasteiger charge is -2.22. The van der Waals surface area contributed by atoms with Crippen LogP contribution in [0.4, 0.5) is 0 Å². The molecule has 2 aromatic heterocycles. The molecule has 34 heavy (non-hydrogen) atoms. The van der Waals surface area contributed by atoms with Gasteiger partial charge in [0.1, 0.15) is 11.3 Å². The maximum Gasteiger partial charge on any atom is 0.141 e. The summed E-state index contributed by atoms with van der Waals surface area (Å²) in [6, 6.07) is 12.9. The number of nitrogens with zero attached hydrogens (tertiary/aromatic N) is 3. The number of hydrogen-bond donors (Lipinski definition) is 1. The predicted molar refractivity (Wildman–Crippen MR) is 129 cm³/mol. The van der Waals surface area contributed by atoms with E-state index in [1.165, 1.54) is 0 Å². The van der Waals surface area contributed by atoms with E-state index in [0.717, 1.165) is 22.5 Å². The molecule has 0 radical (unpaired) electrons. The number of pyridine rings is 2. The van der Waals surface area contributed by atoms with Crippen LogP contribution in [0.3, 0.4) is 0 Å². The summed E-state index contributed by atoms with van der Waals surface area (Å²) in [6.45, 7) is 6.04. The summed E-state index contributed by atoms with van der Waals surface area (Å²) < 4.78 is 23.0. The number of rotatable bonds is 2. The Morgan fingerprint density at radius 3 is 2.09 bits per heavy atom. The first-order valence-electron chi connectivity index (χ1n) is 11.4. The Hall–Kier alpha value is -2.33. The van der Waals surface area contributed by atoms with Crippen LogP contribution >= 0.6 is 11.6 Å². The van der Waals surface area contributed by atoms with Crippen molar-refractivity contribution in [1.29, 1.82) is 0 Å². The van der Waals surface area contributed by atoms with Gasteiger partial charge in [-0.15, -0.1) is 0 Å². The minimum Gasteiger partial charge on any atom is -0.506 e. The normalized spacial score (nSPS) is 17.8. The highest BCUT2D eigenvalue weighted by molar-refractivity contribution is 6.35. The largest absolute Gasteiger partial charge is 0.506 e. The maximum absolute atomic E-state index is 10.2. The molecule has 1 aliphatic rings. The zero-order valence-corrected chi connectivity index (χ0v) is 19.9. The van der Waals surface area contributed by atoms with Crippen LogP contribution in [0, 0.1) is 0 Å². The quantitative estimate of drug-likeness (QED) is 0.587. The highest BCUT2D eigenvalue weighted by Gasteiger charge is 2.11. The lowest BCUT2D eigenvalue weighted by atomic mass is 10.2. The summed E-state index contributed by atoms with van der Waals surface area (Å²) >= 11 is 6.24. The van der Waals surface area contributed by atoms with Crippen molar-refractivity contribution in [3.63, 3.8) is 0 Å². The molecule has 2 bridgehead atoms. The van der Waals surface area contributed by atoms with Gasteiger partial charge in [-0.1, -0.05) is 17.7 Å². The minimum absolute atomic E-state index is 0.119. The maximum atomic E-state index is 10.2. The van der Waals surface area contributed by atoms with Crippen molar-refractivity contribution in [3.8, 4) is 5.75 Å². The SMILES string of the molecule is Oc1ccc(Cl)c2ccc(CN3CCOCCOCc4cccc(n4)COCCOCC3)nc12. The topological polar surface area (TPSA) is 86.2 Å². The van der Waals surface area contributed by atoms with E-state index in [1.54, 1.807) is 12.1 Å². The summed E-state index contributed by atoms with van der Waals surface area (Å²) in [4.78, 5) is 11.4. The smallest absolute Gasteiger partial charge is 0.141 e. The third-order valence-electron chi connectivity index (χ3n) is 5.44. The fraction of sp³-hybridized carbons (Fsp3) is 0.440. The Balaban J connectivity index is 1.35. The van der Waals surface area contributed by atoms with Gasteiger partial charge >= 0.3 is 0 Å². The molecule has 0 unspecified atom stereocenters. The number of ether oxygens (including phenoxy) is 4. The minimum atomic E-state index is 0.119. The second-order valence-corrected chi connectivity index (χ2v) is 8.40. The van der Waals surface area contributed by atoms with Crippen LogP contribution in [0.25, 0.3) is 10.9 Å². The number of phenols is 1. The molecule has 0 atom stereocenters. The van der Waals surface area contributed by atoms with Gasteiger partial charge in [-0.3, -0.25) is 9.88 Å². The van der Waals surface area contributed by atoms with E-state index in [9.17, 15) is 5.11 Å². The second kappa shape index (κ2) is 12.9. The van der Waals surface area contributed by atoms with Gasteiger partial charge in [0.05, 0.1) is 75.0 Å². The van der Waals surface area contributed by atoms with E-state index < -0.39 is 0 Å². The molecule has 8 nitrogen and oxygen atoms in total. The van der Waals surface area contributed by atoms with Gasteiger partial charge in [0.2, 0.25) is 0 Å². The van der Waals surface area contributed by atoms with E-state index >= 15 is 0 Å². The molecule has 1 aromatic carbocycles. The molecule has 0 amide bonds. The van der Waals surface area contributed by atoms with Gasteiger partial charge in [0.15, 0.2) is 0 Å². The second-order valence-electron chi connectivity index (χ2n) is 7.99. The number of fused-ring (bicyclic) bond motifs is 3. The highest BCUT2D eigenvalue weighted by atomic mass is 35.5. The number of phenolic OH excluding ortho intramolecular Hbond substituents is 1. The summed E-state index contributed by atoms with van der Waals surface area (Å²) in [5, 5.41) is 11.5. The van der Waals surface area contributed by atoms with Gasteiger partial charge in [0.25, 0.3) is 0 Å². The van der Waals surface area contributed by atoms with Crippen molar-refractivity contribution in [1.82, 2.24) is 14.9 Å². The van der Waals surface area contributed by atoms with E-state index in [4.69, 9.17) is 30.5 Å². The molecule has 182 valence electrons. The molecule has 0 fully saturated rings. The van der Waals surface area contributed by atoms with Crippen molar-refractivity contribution in [3.05, 3.63) is 64.6 Å². The Morgan fingerprint density at radius 2 is 1.41 bits per heavy atom. The molecule has 0 saturated heterocycles. The van der Waals surface area contributed by atoms with Crippen LogP contribution < -0.4 is 0 Å². The first-order chi connectivity index (χ1) is 16.7. The molecule has 9 heteroatoms. The number of aromatic nitrogens is 2. The van der Waals surface area contributed by atoms with Gasteiger partial charge in [-0.25, -0.2) is 4.98 Å². The molecule has 0 saturated carbocycles. The fourth-order valence-electron chi connectivity index (χ4n) is 3.67. The number of halogens is 1. The third-order valence-corrected chi connectivity index (χ3v) is 5.77. The Labute approximate surface area is 204 Å². The third kappa shape index (κ3) is 7.33. The summed E-state index contributed by atoms with van der Waals surface area (Å²) in [7, 11) is 0. The monoisotopic (exact) mass is 487 g/mol. The standard InChI is InChI=1S/C25H30ClN3O5/c26-23-6-7-24(30)25-22(23)5-4-19(28-25)16-29-8-10-31-12-14-33-17-20-2-1-3-21(27-20)18-34-15-13-32-11-9-29/h1-7,30H,8-18H2. The van der Waals surface area contributed by atoms with Gasteiger partial charge < -0.3 is 24.1 Å². The first kappa shape index (κ1) is 24.8. The van der Waals surface area contributed by atoms with Crippen molar-refractivity contribution in [2.75, 3.05) is 52.7 Å². The molecule has 0 aliphatic carbocycles. The van der Waals surface area contributed by atoms with Crippen molar-refractivity contribution < 1.29 is 24.1 Å². The summed E-state index contributed by atoms with van der Waals surface area (Å²) in [5.41, 5.74) is 3.10. The van der Waals surface area contributed by atoms with Gasteiger partial charge in [0, 0.05) is 25.0 Å². The van der Waals surface area contributed by atoms with E-state index in [1.807, 2.05) is 30.3 Å². The average molecular weight is 488 g/mol. The average Bonchev–Trinajstić information content (AvgIpc) is 2.84. The van der Waals surface area contributed by atoms with Crippen molar-refractivity contribution >= 4 is 22.5 Å². The van der Waals surface area contributed by atoms with Crippen LogP contribution in [0.5, 0.6) is 5.75 Å². The first-order valence-corrected chi connectivity index (χ1v) is 11.8. The predicted octanol–water partition coefficient (Wildman–Crippen LogP) is 3.57. The zero-order chi connectivity index (χ0) is 23.6. The number of aromatic hydroxyl groups is 1. The summed E-state index contributed by atoms with van der Waals surface area (Å²) in [5.74, 6) is 0.119. The molecular formula is C25H30ClN3O5. The van der Waals surface area contributed by atoms with E-state index in [0.29, 0.717) is 83.0 Å². The van der Waals surface area contributed by atoms with Crippen LogP contribution in [0.2, 0.25) is 5.02 Å². The molecule has 1 N–H and O–H groups in total. The molecule has 3 aromatic rings. The molecular weight excluding hydrogens is 458 g/mol. The van der Waals surface area contributed by atoms with E-state index in [-0.39, 0.29) is 5.75 Å². The molecule has 3 heterocycles. The Morgan fingerprint density at radius 1 is 0.765 bits per heavy atom. The highest BCUT2D eigenvalue weighted by Crippen LogP contribution is 2.29. The Bertz CT molecular complexity index is 1030. The number of hydrogen-bond acceptors (Lipinski definition) is 8. The van der Waals surface area contributed by atoms with Crippen molar-refractivity contribution in [2.45, 2.75) is 19.8 Å². The summed E-state index contributed by atoms with van der Waals surface area (Å²) in [6.07, 6.45) is 0. The van der Waals surface area contributed by atoms with Crippen LogP contribution in [-0.2, 0) is 38.7 Å². The van der Waals surface area contributed by atoms with Crippen molar-refractivity contribution in [2.24, 2.45) is 0 Å². The zero-order valence-electron chi connectivity index (χ0n) is 19.1. The number of benzene rings is 1. The lowest BCUT2D eigenvalue weighted by Crippen LogP contribution is -2.31. The van der Waals surface area contributed by atoms with E-state index in [2.05, 4.69) is 14.9 Å². The van der Waals surface area contributed by atoms with Crippen LogP contribution in [0.15, 0.2) is 42.5 Å². The van der Waals surface area contributed by atoms with Crippen LogP contribution in [0.1, 0.15) is 17.1 Å². The molecule has 4 rings (SSSR count). The van der Waals surface area contributed by atoms with Crippen LogP contribution in [-0.4, -0.2) is 72.7 Å². The van der Waals surface area contributed by atoms with Gasteiger partial charge in [-0.05, 0) is 36.4 Å².